The maximum absolute atomic E-state index is 9.30. The van der Waals surface area contributed by atoms with E-state index in [1.807, 2.05) is 20.7 Å². The number of aryl methyl sites for hydroxylation is 2. The van der Waals surface area contributed by atoms with Gasteiger partial charge in [0.1, 0.15) is 0 Å². The molecule has 1 aliphatic heterocycles. The topological polar surface area (TPSA) is 73.0 Å². The molecular formula is C14H21BN4O. The summed E-state index contributed by atoms with van der Waals surface area (Å²) in [4.78, 5) is 11.2. The first-order valence-electron chi connectivity index (χ1n) is 7.16. The van der Waals surface area contributed by atoms with Crippen molar-refractivity contribution < 1.29 is 5.11 Å². The summed E-state index contributed by atoms with van der Waals surface area (Å²) in [6.07, 6.45) is 2.02. The van der Waals surface area contributed by atoms with E-state index in [9.17, 15) is 5.11 Å². The molecule has 0 saturated carbocycles. The number of piperidine rings is 1. The van der Waals surface area contributed by atoms with Crippen molar-refractivity contribution in [3.05, 3.63) is 17.0 Å². The van der Waals surface area contributed by atoms with Crippen LogP contribution in [0.2, 0.25) is 12.6 Å². The molecule has 1 aliphatic rings. The predicted molar refractivity (Wildman–Crippen MR) is 79.9 cm³/mol. The van der Waals surface area contributed by atoms with Crippen LogP contribution in [0, 0.1) is 25.1 Å². The molecule has 0 atom stereocenters. The Hall–Kier alpha value is -1.61. The van der Waals surface area contributed by atoms with E-state index in [4.69, 9.17) is 5.26 Å². The molecule has 106 valence electrons. The first-order valence-corrected chi connectivity index (χ1v) is 7.16. The highest BCUT2D eigenvalue weighted by atomic mass is 16.3. The van der Waals surface area contributed by atoms with Crippen molar-refractivity contribution in [3.63, 3.8) is 0 Å². The molecule has 0 bridgehead atoms. The molecule has 0 spiro atoms. The minimum absolute atomic E-state index is 0.0142. The summed E-state index contributed by atoms with van der Waals surface area (Å²) in [5.41, 5.74) is 2.52. The normalized spacial score (nSPS) is 16.1. The molecule has 1 aromatic rings. The van der Waals surface area contributed by atoms with Crippen molar-refractivity contribution in [2.24, 2.45) is 0 Å². The number of anilines is 1. The number of aliphatic hydroxyl groups excluding tert-OH is 1. The Morgan fingerprint density at radius 3 is 2.30 bits per heavy atom. The second kappa shape index (κ2) is 6.23. The van der Waals surface area contributed by atoms with Crippen molar-refractivity contribution in [2.45, 2.75) is 45.9 Å². The lowest BCUT2D eigenvalue weighted by molar-refractivity contribution is 0.279. The van der Waals surface area contributed by atoms with Crippen LogP contribution in [0.1, 0.15) is 29.8 Å². The summed E-state index contributed by atoms with van der Waals surface area (Å²) in [6.45, 7) is 7.73. The van der Waals surface area contributed by atoms with Crippen LogP contribution < -0.4 is 4.90 Å². The summed E-state index contributed by atoms with van der Waals surface area (Å²) in [6, 6.07) is 0. The summed E-state index contributed by atoms with van der Waals surface area (Å²) in [5.74, 6) is 3.58. The minimum Gasteiger partial charge on any atom is -0.392 e. The SMILES string of the molecule is CB(C#N)C1CCN(c2nc(C)c(CO)c(C)n2)CC1. The van der Waals surface area contributed by atoms with Crippen molar-refractivity contribution in [2.75, 3.05) is 18.0 Å². The molecular weight excluding hydrogens is 251 g/mol. The van der Waals surface area contributed by atoms with E-state index >= 15 is 0 Å². The number of nitriles is 1. The number of rotatable bonds is 3. The summed E-state index contributed by atoms with van der Waals surface area (Å²) < 4.78 is 0. The molecule has 0 aliphatic carbocycles. The molecule has 6 heteroatoms. The van der Waals surface area contributed by atoms with Gasteiger partial charge in [-0.3, -0.25) is 0 Å². The Bertz CT molecular complexity index is 497. The van der Waals surface area contributed by atoms with Gasteiger partial charge in [-0.15, -0.1) is 0 Å². The Kier molecular flexibility index (Phi) is 4.61. The first kappa shape index (κ1) is 14.8. The van der Waals surface area contributed by atoms with Crippen LogP contribution in [0.25, 0.3) is 0 Å². The van der Waals surface area contributed by atoms with Gasteiger partial charge in [0.25, 0.3) is 6.71 Å². The van der Waals surface area contributed by atoms with Gasteiger partial charge in [-0.2, -0.15) is 0 Å². The maximum Gasteiger partial charge on any atom is 0.268 e. The van der Waals surface area contributed by atoms with E-state index in [0.717, 1.165) is 48.8 Å². The third-order valence-corrected chi connectivity index (χ3v) is 4.30. The Balaban J connectivity index is 2.10. The fourth-order valence-corrected chi connectivity index (χ4v) is 2.80. The van der Waals surface area contributed by atoms with Crippen LogP contribution in [0.15, 0.2) is 0 Å². The Morgan fingerprint density at radius 2 is 1.85 bits per heavy atom. The van der Waals surface area contributed by atoms with Crippen molar-refractivity contribution in [3.8, 4) is 5.97 Å². The van der Waals surface area contributed by atoms with Crippen molar-refractivity contribution in [1.29, 1.82) is 5.26 Å². The highest BCUT2D eigenvalue weighted by Crippen LogP contribution is 2.28. The zero-order chi connectivity index (χ0) is 14.7. The second-order valence-corrected chi connectivity index (χ2v) is 5.57. The maximum atomic E-state index is 9.30. The van der Waals surface area contributed by atoms with Crippen LogP contribution in [-0.2, 0) is 6.61 Å². The van der Waals surface area contributed by atoms with Crippen LogP contribution in [-0.4, -0.2) is 34.9 Å². The molecule has 20 heavy (non-hydrogen) atoms. The van der Waals surface area contributed by atoms with Gasteiger partial charge >= 0.3 is 0 Å². The van der Waals surface area contributed by atoms with Crippen molar-refractivity contribution in [1.82, 2.24) is 9.97 Å². The molecule has 1 aromatic heterocycles. The predicted octanol–water partition coefficient (Wildman–Crippen LogP) is 1.74. The fourth-order valence-electron chi connectivity index (χ4n) is 2.80. The zero-order valence-corrected chi connectivity index (χ0v) is 12.4. The lowest BCUT2D eigenvalue weighted by Gasteiger charge is -2.32. The molecule has 0 aromatic carbocycles. The van der Waals surface area contributed by atoms with Gasteiger partial charge in [0.05, 0.1) is 6.61 Å². The molecule has 1 fully saturated rings. The van der Waals surface area contributed by atoms with Gasteiger partial charge in [-0.25, -0.2) is 15.2 Å². The standard InChI is InChI=1S/C14H21BN4O/c1-10-13(8-20)11(2)18-14(17-10)19-6-4-12(5-7-19)15(3)9-16/h12,20H,4-8H2,1-3H3. The van der Waals surface area contributed by atoms with Gasteiger partial charge in [0.2, 0.25) is 5.95 Å². The lowest BCUT2D eigenvalue weighted by Crippen LogP contribution is -2.36. The van der Waals surface area contributed by atoms with Crippen LogP contribution in [0.5, 0.6) is 0 Å². The molecule has 0 radical (unpaired) electrons. The molecule has 2 rings (SSSR count). The average molecular weight is 272 g/mol. The molecule has 0 unspecified atom stereocenters. The molecule has 1 saturated heterocycles. The largest absolute Gasteiger partial charge is 0.392 e. The van der Waals surface area contributed by atoms with E-state index in [1.54, 1.807) is 0 Å². The number of hydrogen-bond acceptors (Lipinski definition) is 5. The number of hydrogen-bond donors (Lipinski definition) is 1. The summed E-state index contributed by atoms with van der Waals surface area (Å²) in [5, 5.41) is 18.3. The van der Waals surface area contributed by atoms with E-state index < -0.39 is 0 Å². The molecule has 5 nitrogen and oxygen atoms in total. The van der Waals surface area contributed by atoms with Crippen LogP contribution in [0.4, 0.5) is 5.95 Å². The van der Waals surface area contributed by atoms with Gasteiger partial charge in [0.15, 0.2) is 0 Å². The monoisotopic (exact) mass is 272 g/mol. The average Bonchev–Trinajstić information content (AvgIpc) is 2.46. The number of aromatic nitrogens is 2. The highest BCUT2D eigenvalue weighted by Gasteiger charge is 2.27. The highest BCUT2D eigenvalue weighted by molar-refractivity contribution is 6.67. The quantitative estimate of drug-likeness (QED) is 0.848. The Labute approximate surface area is 120 Å². The third-order valence-electron chi connectivity index (χ3n) is 4.30. The molecule has 0 amide bonds. The van der Waals surface area contributed by atoms with Crippen LogP contribution >= 0.6 is 0 Å². The second-order valence-electron chi connectivity index (χ2n) is 5.57. The zero-order valence-electron chi connectivity index (χ0n) is 12.4. The van der Waals surface area contributed by atoms with E-state index in [-0.39, 0.29) is 13.3 Å². The van der Waals surface area contributed by atoms with Crippen LogP contribution in [0.3, 0.4) is 0 Å². The molecule has 2 heterocycles. The van der Waals surface area contributed by atoms with Crippen molar-refractivity contribution >= 4 is 12.7 Å². The van der Waals surface area contributed by atoms with Gasteiger partial charge < -0.3 is 10.0 Å². The van der Waals surface area contributed by atoms with Gasteiger partial charge in [-0.1, -0.05) is 6.82 Å². The summed E-state index contributed by atoms with van der Waals surface area (Å²) >= 11 is 0. The van der Waals surface area contributed by atoms with Gasteiger partial charge in [0, 0.05) is 36.0 Å². The third kappa shape index (κ3) is 2.93. The smallest absolute Gasteiger partial charge is 0.268 e. The number of nitrogens with zero attached hydrogens (tertiary/aromatic N) is 4. The van der Waals surface area contributed by atoms with Gasteiger partial charge in [-0.05, 0) is 32.5 Å². The van der Waals surface area contributed by atoms with E-state index in [1.165, 1.54) is 0 Å². The molecule has 1 N–H and O–H groups in total. The van der Waals surface area contributed by atoms with E-state index in [2.05, 4.69) is 20.8 Å². The minimum atomic E-state index is -0.0142. The lowest BCUT2D eigenvalue weighted by atomic mass is 9.42. The first-order chi connectivity index (χ1) is 9.56. The fraction of sp³-hybridized carbons (Fsp3) is 0.643. The summed E-state index contributed by atoms with van der Waals surface area (Å²) in [7, 11) is 0. The van der Waals surface area contributed by atoms with E-state index in [0.29, 0.717) is 5.82 Å². The number of aliphatic hydroxyl groups is 1. The Morgan fingerprint density at radius 1 is 1.30 bits per heavy atom.